The van der Waals surface area contributed by atoms with Crippen LogP contribution in [0.25, 0.3) is 0 Å². The summed E-state index contributed by atoms with van der Waals surface area (Å²) in [6.07, 6.45) is -3.21. The van der Waals surface area contributed by atoms with Gasteiger partial charge >= 0.3 is 6.18 Å². The molecule has 2 rings (SSSR count). The van der Waals surface area contributed by atoms with Crippen LogP contribution >= 0.6 is 11.6 Å². The molecule has 0 amide bonds. The third-order valence-electron chi connectivity index (χ3n) is 2.61. The van der Waals surface area contributed by atoms with Crippen LogP contribution in [0.3, 0.4) is 0 Å². The number of nitrogens with zero attached hydrogens (tertiary/aromatic N) is 2. The molecule has 0 radical (unpaired) electrons. The van der Waals surface area contributed by atoms with Gasteiger partial charge in [-0.25, -0.2) is 9.97 Å². The minimum Gasteiger partial charge on any atom is -0.490 e. The zero-order chi connectivity index (χ0) is 12.7. The number of hydrogen-bond donors (Lipinski definition) is 1. The van der Waals surface area contributed by atoms with Crippen molar-refractivity contribution in [1.82, 2.24) is 9.97 Å². The van der Waals surface area contributed by atoms with Gasteiger partial charge in [0.2, 0.25) is 0 Å². The van der Waals surface area contributed by atoms with E-state index in [0.29, 0.717) is 0 Å². The molecule has 0 aromatic carbocycles. The Morgan fingerprint density at radius 3 is 2.53 bits per heavy atom. The maximum absolute atomic E-state index is 12.7. The Morgan fingerprint density at radius 1 is 1.41 bits per heavy atom. The molecule has 1 aliphatic rings. The lowest BCUT2D eigenvalue weighted by atomic mass is 10.2. The minimum atomic E-state index is -4.32. The van der Waals surface area contributed by atoms with E-state index in [0.717, 1.165) is 6.33 Å². The molecule has 0 unspecified atom stereocenters. The van der Waals surface area contributed by atoms with Gasteiger partial charge in [-0.2, -0.15) is 13.2 Å². The quantitative estimate of drug-likeness (QED) is 0.856. The zero-order valence-corrected chi connectivity index (χ0v) is 9.56. The van der Waals surface area contributed by atoms with Crippen LogP contribution in [-0.2, 0) is 0 Å². The van der Waals surface area contributed by atoms with Crippen LogP contribution in [0.5, 0.6) is 5.75 Å². The average molecular weight is 268 g/mol. The first-order valence-corrected chi connectivity index (χ1v) is 5.17. The summed E-state index contributed by atoms with van der Waals surface area (Å²) in [6, 6.07) is 0. The van der Waals surface area contributed by atoms with Crippen molar-refractivity contribution < 1.29 is 17.9 Å². The number of nitrogens with one attached hydrogen (secondary N) is 1. The molecule has 1 heterocycles. The number of methoxy groups -OCH3 is 1. The summed E-state index contributed by atoms with van der Waals surface area (Å²) in [5.41, 5.74) is -1.90. The van der Waals surface area contributed by atoms with Crippen molar-refractivity contribution in [2.45, 2.75) is 24.6 Å². The van der Waals surface area contributed by atoms with Crippen LogP contribution in [0.1, 0.15) is 12.8 Å². The van der Waals surface area contributed by atoms with Gasteiger partial charge < -0.3 is 10.1 Å². The molecular weight excluding hydrogens is 259 g/mol. The topological polar surface area (TPSA) is 47.0 Å². The second-order valence-corrected chi connectivity index (χ2v) is 4.11. The van der Waals surface area contributed by atoms with Gasteiger partial charge in [0.25, 0.3) is 0 Å². The Bertz CT molecular complexity index is 434. The van der Waals surface area contributed by atoms with Crippen LogP contribution < -0.4 is 10.1 Å². The van der Waals surface area contributed by atoms with Crippen LogP contribution in [0.2, 0.25) is 5.15 Å². The van der Waals surface area contributed by atoms with E-state index in [9.17, 15) is 13.2 Å². The lowest BCUT2D eigenvalue weighted by Crippen LogP contribution is -2.39. The number of hydrogen-bond acceptors (Lipinski definition) is 4. The highest BCUT2D eigenvalue weighted by Crippen LogP contribution is 2.52. The van der Waals surface area contributed by atoms with Crippen LogP contribution in [0.15, 0.2) is 6.33 Å². The number of rotatable bonds is 3. The Hall–Kier alpha value is -1.24. The number of alkyl halides is 3. The number of ether oxygens (including phenoxy) is 1. The van der Waals surface area contributed by atoms with Gasteiger partial charge in [0, 0.05) is 0 Å². The third-order valence-corrected chi connectivity index (χ3v) is 2.88. The molecular formula is C9H9ClF3N3O. The van der Waals surface area contributed by atoms with Crippen LogP contribution in [-0.4, -0.2) is 28.8 Å². The molecule has 1 aromatic heterocycles. The van der Waals surface area contributed by atoms with Crippen molar-refractivity contribution in [2.75, 3.05) is 12.4 Å². The highest BCUT2D eigenvalue weighted by Gasteiger charge is 2.64. The van der Waals surface area contributed by atoms with E-state index >= 15 is 0 Å². The zero-order valence-electron chi connectivity index (χ0n) is 8.81. The highest BCUT2D eigenvalue weighted by molar-refractivity contribution is 6.31. The summed E-state index contributed by atoms with van der Waals surface area (Å²) < 4.78 is 43.1. The van der Waals surface area contributed by atoms with Gasteiger partial charge in [-0.05, 0) is 12.8 Å². The molecule has 1 N–H and O–H groups in total. The Balaban J connectivity index is 2.28. The van der Waals surface area contributed by atoms with E-state index < -0.39 is 11.7 Å². The van der Waals surface area contributed by atoms with Crippen LogP contribution in [0.4, 0.5) is 19.0 Å². The highest BCUT2D eigenvalue weighted by atomic mass is 35.5. The first-order chi connectivity index (χ1) is 7.89. The Morgan fingerprint density at radius 2 is 2.06 bits per heavy atom. The lowest BCUT2D eigenvalue weighted by molar-refractivity contribution is -0.151. The van der Waals surface area contributed by atoms with Crippen molar-refractivity contribution in [1.29, 1.82) is 0 Å². The van der Waals surface area contributed by atoms with E-state index in [4.69, 9.17) is 16.3 Å². The van der Waals surface area contributed by atoms with E-state index in [2.05, 4.69) is 15.3 Å². The first kappa shape index (κ1) is 12.2. The summed E-state index contributed by atoms with van der Waals surface area (Å²) in [6.45, 7) is 0. The summed E-state index contributed by atoms with van der Waals surface area (Å²) in [4.78, 5) is 7.35. The molecule has 1 aliphatic carbocycles. The largest absolute Gasteiger partial charge is 0.490 e. The normalized spacial score (nSPS) is 17.7. The second-order valence-electron chi connectivity index (χ2n) is 3.75. The van der Waals surface area contributed by atoms with Crippen LogP contribution in [0, 0.1) is 0 Å². The fourth-order valence-corrected chi connectivity index (χ4v) is 1.66. The average Bonchev–Trinajstić information content (AvgIpc) is 2.98. The van der Waals surface area contributed by atoms with E-state index in [1.807, 2.05) is 0 Å². The van der Waals surface area contributed by atoms with E-state index in [1.54, 1.807) is 0 Å². The van der Waals surface area contributed by atoms with E-state index in [-0.39, 0.29) is 29.6 Å². The van der Waals surface area contributed by atoms with Crippen molar-refractivity contribution in [3.8, 4) is 5.75 Å². The third kappa shape index (κ3) is 2.11. The molecule has 0 saturated heterocycles. The summed E-state index contributed by atoms with van der Waals surface area (Å²) in [5.74, 6) is -0.0213. The standard InChI is InChI=1S/C9H9ClF3N3O/c1-17-5-6(10)14-4-15-7(5)16-8(2-3-8)9(11,12)13/h4H,2-3H2,1H3,(H,14,15,16). The molecule has 17 heavy (non-hydrogen) atoms. The molecule has 0 spiro atoms. The molecule has 0 aliphatic heterocycles. The molecule has 94 valence electrons. The maximum Gasteiger partial charge on any atom is 0.411 e. The van der Waals surface area contributed by atoms with Gasteiger partial charge in [-0.3, -0.25) is 0 Å². The second kappa shape index (κ2) is 3.90. The van der Waals surface area contributed by atoms with Crippen molar-refractivity contribution in [3.63, 3.8) is 0 Å². The predicted octanol–water partition coefficient (Wildman–Crippen LogP) is 2.65. The number of anilines is 1. The molecule has 1 aromatic rings. The monoisotopic (exact) mass is 267 g/mol. The van der Waals surface area contributed by atoms with Gasteiger partial charge in [0.1, 0.15) is 11.9 Å². The predicted molar refractivity (Wildman–Crippen MR) is 55.2 cm³/mol. The maximum atomic E-state index is 12.7. The van der Waals surface area contributed by atoms with Crippen molar-refractivity contribution in [2.24, 2.45) is 0 Å². The first-order valence-electron chi connectivity index (χ1n) is 4.79. The number of halogens is 4. The molecule has 1 saturated carbocycles. The SMILES string of the molecule is COc1c(Cl)ncnc1NC1(C(F)(F)F)CC1. The van der Waals surface area contributed by atoms with Gasteiger partial charge in [-0.15, -0.1) is 0 Å². The number of aromatic nitrogens is 2. The van der Waals surface area contributed by atoms with Gasteiger partial charge in [-0.1, -0.05) is 11.6 Å². The molecule has 1 fully saturated rings. The van der Waals surface area contributed by atoms with E-state index in [1.165, 1.54) is 7.11 Å². The smallest absolute Gasteiger partial charge is 0.411 e. The Labute approximate surface area is 100 Å². The summed E-state index contributed by atoms with van der Waals surface area (Å²) in [5, 5.41) is 2.32. The molecule has 0 bridgehead atoms. The lowest BCUT2D eigenvalue weighted by Gasteiger charge is -2.22. The molecule has 0 atom stereocenters. The van der Waals surface area contributed by atoms with Crippen molar-refractivity contribution in [3.05, 3.63) is 11.5 Å². The summed E-state index contributed by atoms with van der Waals surface area (Å²) >= 11 is 5.70. The molecule has 4 nitrogen and oxygen atoms in total. The van der Waals surface area contributed by atoms with Crippen molar-refractivity contribution >= 4 is 17.4 Å². The fraction of sp³-hybridized carbons (Fsp3) is 0.556. The van der Waals surface area contributed by atoms with Gasteiger partial charge in [0.05, 0.1) is 7.11 Å². The summed E-state index contributed by atoms with van der Waals surface area (Å²) in [7, 11) is 1.29. The Kier molecular flexibility index (Phi) is 2.81. The van der Waals surface area contributed by atoms with Gasteiger partial charge in [0.15, 0.2) is 16.7 Å². The molecule has 8 heteroatoms. The fourth-order valence-electron chi connectivity index (χ4n) is 1.45. The minimum absolute atomic E-state index is 0.0152.